The molecule has 24 aromatic rings. The van der Waals surface area contributed by atoms with E-state index >= 15 is 0 Å². The molecule has 0 spiro atoms. The van der Waals surface area contributed by atoms with Gasteiger partial charge >= 0.3 is 0 Å². The number of nitrogens with zero attached hydrogens (tertiary/aromatic N) is 8. The first kappa shape index (κ1) is 80.0. The number of para-hydroxylation sites is 3. The molecule has 137 heavy (non-hydrogen) atoms. The van der Waals surface area contributed by atoms with Gasteiger partial charge < -0.3 is 57.5 Å². The third-order valence-corrected chi connectivity index (χ3v) is 21.2. The standard InChI is InChI=1S/C20H16NO.3C19H14NO.4C11H8N.4Ir/c1-13(2)14-10-11-21-18(12-14)17-8-5-7-16-15-6-3-4-9-19(15)22-20(16)17;1-12-9-10-17(20-11-12)16-8-4-7-15-14-6-3-5-13(2)18(14)21-19(15)16;1-12-10-17(20-11-13(12)2)16-8-5-7-15-14-6-3-4-9-18(14)21-19(15)16;1-12-6-8-14-15-4-3-5-16(19(15)21-18(14)10-12)17-9-7-13(2)11-20-17;4*1-2-6-10(7-3-1)11-8-4-5-9-12-11;;;;/h3-7,9-13H,1-2H3;2*3-7,9-11H,1-2H3;3-4,6-11H,1-2H3;4*1-6,8-9H;;;;/q8*-1;;;;/i1D3,13D;1D3;1D3,2D3;2D3;;;;;;;;. The minimum absolute atomic E-state index is 0. The largest absolute Gasteiger partial charge is 0.501 e. The van der Waals surface area contributed by atoms with Gasteiger partial charge in [-0.1, -0.05) is 220 Å². The molecule has 12 nitrogen and oxygen atoms in total. The van der Waals surface area contributed by atoms with Gasteiger partial charge in [-0.05, 0) is 169 Å². The number of hydrogen-bond donors (Lipinski definition) is 0. The van der Waals surface area contributed by atoms with Crippen molar-refractivity contribution in [2.45, 2.75) is 60.9 Å². The van der Waals surface area contributed by atoms with Gasteiger partial charge in [0.2, 0.25) is 0 Å². The van der Waals surface area contributed by atoms with Gasteiger partial charge in [0.1, 0.15) is 22.3 Å². The number of hydrogen-bond acceptors (Lipinski definition) is 12. The molecule has 0 bridgehead atoms. The molecule has 24 rings (SSSR count). The molecule has 0 N–H and O–H groups in total. The van der Waals surface area contributed by atoms with Crippen LogP contribution in [0.1, 0.15) is 80.5 Å². The van der Waals surface area contributed by atoms with Crippen molar-refractivity contribution in [3.63, 3.8) is 0 Å². The molecule has 0 saturated heterocycles. The molecule has 682 valence electrons. The average Bonchev–Trinajstić information content (AvgIpc) is 1.59. The van der Waals surface area contributed by atoms with Crippen LogP contribution in [0.15, 0.2) is 413 Å². The predicted octanol–water partition coefficient (Wildman–Crippen LogP) is 31.0. The molecule has 16 heteroatoms. The van der Waals surface area contributed by atoms with Crippen molar-refractivity contribution in [1.29, 1.82) is 0 Å². The second-order valence-corrected chi connectivity index (χ2v) is 30.2. The number of aromatic nitrogens is 8. The van der Waals surface area contributed by atoms with Crippen LogP contribution in [-0.2, 0) is 80.4 Å². The number of furan rings is 4. The van der Waals surface area contributed by atoms with Gasteiger partial charge in [0.05, 0.1) is 22.3 Å². The molecular weight excluding hydrogens is 2400 g/mol. The van der Waals surface area contributed by atoms with Crippen LogP contribution >= 0.6 is 0 Å². The third kappa shape index (κ3) is 24.7. The maximum Gasteiger partial charge on any atom is 0.123 e. The van der Waals surface area contributed by atoms with Gasteiger partial charge in [-0.25, -0.2) is 0 Å². The molecule has 0 aliphatic rings. The van der Waals surface area contributed by atoms with Crippen LogP contribution in [0.2, 0.25) is 0 Å². The van der Waals surface area contributed by atoms with Crippen LogP contribution in [0.3, 0.4) is 0 Å². The van der Waals surface area contributed by atoms with E-state index < -0.39 is 40.2 Å². The van der Waals surface area contributed by atoms with Crippen LogP contribution < -0.4 is 0 Å². The fraction of sp³-hybridized carbons (Fsp3) is 0.0744. The molecule has 0 amide bonds. The first-order valence-corrected chi connectivity index (χ1v) is 42.4. The molecule has 0 fully saturated rings. The predicted molar refractivity (Wildman–Crippen MR) is 540 cm³/mol. The van der Waals surface area contributed by atoms with Crippen LogP contribution in [-0.4, -0.2) is 39.9 Å². The Morgan fingerprint density at radius 3 is 1.01 bits per heavy atom. The molecule has 0 saturated carbocycles. The van der Waals surface area contributed by atoms with Crippen molar-refractivity contribution in [3.05, 3.63) is 483 Å². The summed E-state index contributed by atoms with van der Waals surface area (Å²) in [5.74, 6) is -1.73. The van der Waals surface area contributed by atoms with Crippen molar-refractivity contribution < 1.29 is 120 Å². The summed E-state index contributed by atoms with van der Waals surface area (Å²) in [7, 11) is 0. The van der Waals surface area contributed by atoms with E-state index in [0.29, 0.717) is 61.8 Å². The summed E-state index contributed by atoms with van der Waals surface area (Å²) in [6.07, 6.45) is 12.6. The molecule has 1 atom stereocenters. The van der Waals surface area contributed by atoms with Crippen molar-refractivity contribution in [2.75, 3.05) is 0 Å². The van der Waals surface area contributed by atoms with Gasteiger partial charge in [-0.15, -0.1) is 216 Å². The Morgan fingerprint density at radius 1 is 0.248 bits per heavy atom. The summed E-state index contributed by atoms with van der Waals surface area (Å²) in [4.78, 5) is 34.1. The summed E-state index contributed by atoms with van der Waals surface area (Å²) in [5.41, 5.74) is 21.1. The number of aryl methyl sites for hydroxylation is 6. The Labute approximate surface area is 874 Å². The average molecular weight is 2510 g/mol. The Balaban J connectivity index is 0.000000148. The molecule has 1 unspecified atom stereocenters. The second kappa shape index (κ2) is 48.7. The van der Waals surface area contributed by atoms with E-state index in [1.165, 1.54) is 31.6 Å². The van der Waals surface area contributed by atoms with Crippen molar-refractivity contribution in [2.24, 2.45) is 0 Å². The van der Waals surface area contributed by atoms with Crippen LogP contribution in [0.4, 0.5) is 0 Å². The summed E-state index contributed by atoms with van der Waals surface area (Å²) < 4.78 is 146. The zero-order valence-electron chi connectivity index (χ0n) is 89.6. The quantitative estimate of drug-likeness (QED) is 0.126. The molecule has 12 aromatic carbocycles. The van der Waals surface area contributed by atoms with E-state index in [1.54, 1.807) is 73.3 Å². The zero-order valence-corrected chi connectivity index (χ0v) is 83.2. The van der Waals surface area contributed by atoms with Crippen LogP contribution in [0.25, 0.3) is 178 Å². The zero-order chi connectivity index (χ0) is 105. The summed E-state index contributed by atoms with van der Waals surface area (Å²) >= 11 is 0. The SMILES string of the molecule is [2H]C([2H])([2H])C([2H])(C)c1ccnc(-c2[c-]ccc3c2oc2ccccc23)c1.[2H]C([2H])([2H])c1ccc(-c2[c-]ccc3c2oc2c(C)cccc23)nc1.[2H]C([2H])([2H])c1ccc(-c2[c-]ccc3c2oc2cc(C)ccc23)nc1.[2H]C([2H])([2H])c1cnc(-c2[c-]ccc3c2oc2ccccc23)cc1C([2H])([2H])[2H].[Ir].[Ir].[Ir].[Ir].[c-]1ccccc1-c1ccccn1.[c-]1ccccc1-c1ccccn1.[c-]1ccccc1-c1ccccn1.[c-]1ccccc1-c1ccccn1. The molecule has 0 aliphatic heterocycles. The summed E-state index contributed by atoms with van der Waals surface area (Å²) in [5, 5.41) is 7.84. The minimum atomic E-state index is -2.58. The summed E-state index contributed by atoms with van der Waals surface area (Å²) in [6, 6.07) is 133. The fourth-order valence-electron chi connectivity index (χ4n) is 14.7. The van der Waals surface area contributed by atoms with Crippen molar-refractivity contribution in [1.82, 2.24) is 39.9 Å². The van der Waals surface area contributed by atoms with E-state index in [1.807, 2.05) is 299 Å². The van der Waals surface area contributed by atoms with Crippen molar-refractivity contribution >= 4 is 87.8 Å². The fourth-order valence-corrected chi connectivity index (χ4v) is 14.7. The minimum Gasteiger partial charge on any atom is -0.501 e. The normalized spacial score (nSPS) is 13.1. The first-order valence-electron chi connectivity index (χ1n) is 50.4. The van der Waals surface area contributed by atoms with Gasteiger partial charge in [0.25, 0.3) is 0 Å². The maximum absolute atomic E-state index is 8.30. The van der Waals surface area contributed by atoms with Crippen LogP contribution in [0, 0.1) is 89.8 Å². The third-order valence-electron chi connectivity index (χ3n) is 21.2. The van der Waals surface area contributed by atoms with Gasteiger partial charge in [-0.2, -0.15) is 0 Å². The molecular formula is C121H90Ir4N8O4-8. The number of fused-ring (bicyclic) bond motifs is 12. The van der Waals surface area contributed by atoms with Gasteiger partial charge in [0, 0.05) is 173 Å². The Kier molecular flexibility index (Phi) is 28.4. The molecule has 12 aromatic heterocycles. The number of benzene rings is 12. The van der Waals surface area contributed by atoms with Gasteiger partial charge in [-0.3, -0.25) is 0 Å². The van der Waals surface area contributed by atoms with E-state index in [9.17, 15) is 0 Å². The smallest absolute Gasteiger partial charge is 0.123 e. The first-order chi connectivity index (χ1) is 71.7. The Hall–Kier alpha value is -14.4. The van der Waals surface area contributed by atoms with E-state index in [2.05, 4.69) is 94.5 Å². The van der Waals surface area contributed by atoms with Crippen LogP contribution in [0.5, 0.6) is 0 Å². The Morgan fingerprint density at radius 2 is 0.613 bits per heavy atom. The monoisotopic (exact) mass is 2510 g/mol. The number of rotatable bonds is 9. The summed E-state index contributed by atoms with van der Waals surface area (Å²) in [6.45, 7) is -6.47. The Bertz CT molecular complexity index is 8220. The van der Waals surface area contributed by atoms with Crippen molar-refractivity contribution in [3.8, 4) is 90.1 Å². The van der Waals surface area contributed by atoms with E-state index in [0.717, 1.165) is 139 Å². The number of pyridine rings is 8. The maximum atomic E-state index is 8.30. The molecule has 0 aliphatic carbocycles. The second-order valence-electron chi connectivity index (χ2n) is 30.2. The van der Waals surface area contributed by atoms with Gasteiger partial charge in [0.15, 0.2) is 0 Å². The van der Waals surface area contributed by atoms with E-state index in [-0.39, 0.29) is 103 Å². The molecule has 4 radical (unpaired) electrons. The molecule has 12 heterocycles. The van der Waals surface area contributed by atoms with E-state index in [4.69, 9.17) is 39.6 Å². The topological polar surface area (TPSA) is 156 Å².